The van der Waals surface area contributed by atoms with Crippen LogP contribution in [-0.4, -0.2) is 36.6 Å². The molecule has 1 saturated heterocycles. The van der Waals surface area contributed by atoms with Crippen LogP contribution in [0.15, 0.2) is 0 Å². The molecule has 4 atom stereocenters. The first-order valence-electron chi connectivity index (χ1n) is 8.20. The number of hydrogen-bond donors (Lipinski definition) is 1. The Bertz CT molecular complexity index is 239. The number of likely N-dealkylation sites (tertiary alicyclic amines) is 1. The molecule has 2 rings (SSSR count). The Morgan fingerprint density at radius 1 is 1.11 bits per heavy atom. The van der Waals surface area contributed by atoms with Gasteiger partial charge in [-0.2, -0.15) is 0 Å². The van der Waals surface area contributed by atoms with Gasteiger partial charge in [0.25, 0.3) is 0 Å². The molecular weight excluding hydrogens is 220 g/mol. The molecular formula is C16H32N2. The van der Waals surface area contributed by atoms with Crippen LogP contribution in [0.1, 0.15) is 59.3 Å². The summed E-state index contributed by atoms with van der Waals surface area (Å²) in [5.74, 6) is 1.78. The monoisotopic (exact) mass is 252 g/mol. The minimum atomic E-state index is 0.745. The molecule has 1 aliphatic carbocycles. The second kappa shape index (κ2) is 6.91. The predicted octanol–water partition coefficient (Wildman–Crippen LogP) is 3.28. The SMILES string of the molecule is CCNCC(C)C(C)N1CCC[C@H]2CCCC[C@H]21. The van der Waals surface area contributed by atoms with E-state index in [1.54, 1.807) is 0 Å². The summed E-state index contributed by atoms with van der Waals surface area (Å²) in [4.78, 5) is 2.86. The van der Waals surface area contributed by atoms with Crippen LogP contribution in [0, 0.1) is 11.8 Å². The number of hydrogen-bond acceptors (Lipinski definition) is 2. The van der Waals surface area contributed by atoms with Gasteiger partial charge < -0.3 is 5.32 Å². The molecule has 0 amide bonds. The molecule has 0 aromatic heterocycles. The molecule has 2 fully saturated rings. The Morgan fingerprint density at radius 3 is 2.61 bits per heavy atom. The summed E-state index contributed by atoms with van der Waals surface area (Å²) in [6.45, 7) is 10.7. The molecule has 2 unspecified atom stereocenters. The average Bonchev–Trinajstić information content (AvgIpc) is 2.43. The molecule has 1 heterocycles. The Morgan fingerprint density at radius 2 is 1.83 bits per heavy atom. The second-order valence-corrected chi connectivity index (χ2v) is 6.52. The standard InChI is InChI=1S/C16H32N2/c1-4-17-12-13(2)14(3)18-11-7-9-15-8-5-6-10-16(15)18/h13-17H,4-12H2,1-3H3/t13?,14?,15-,16-/m1/s1. The molecule has 0 spiro atoms. The van der Waals surface area contributed by atoms with E-state index in [9.17, 15) is 0 Å². The lowest BCUT2D eigenvalue weighted by Crippen LogP contribution is -2.53. The molecule has 0 aromatic rings. The average molecular weight is 252 g/mol. The Hall–Kier alpha value is -0.0800. The third kappa shape index (κ3) is 3.27. The maximum Gasteiger partial charge on any atom is 0.0126 e. The molecule has 106 valence electrons. The molecule has 0 aromatic carbocycles. The zero-order chi connectivity index (χ0) is 13.0. The van der Waals surface area contributed by atoms with Gasteiger partial charge in [-0.15, -0.1) is 0 Å². The van der Waals surface area contributed by atoms with Crippen LogP contribution in [0.2, 0.25) is 0 Å². The zero-order valence-corrected chi connectivity index (χ0v) is 12.6. The highest BCUT2D eigenvalue weighted by molar-refractivity contribution is 4.90. The highest BCUT2D eigenvalue weighted by Crippen LogP contribution is 2.37. The zero-order valence-electron chi connectivity index (χ0n) is 12.6. The fourth-order valence-electron chi connectivity index (χ4n) is 4.04. The first-order chi connectivity index (χ1) is 8.74. The van der Waals surface area contributed by atoms with Crippen molar-refractivity contribution in [1.82, 2.24) is 10.2 Å². The summed E-state index contributed by atoms with van der Waals surface area (Å²) < 4.78 is 0. The van der Waals surface area contributed by atoms with Crippen LogP contribution < -0.4 is 5.32 Å². The predicted molar refractivity (Wildman–Crippen MR) is 78.9 cm³/mol. The quantitative estimate of drug-likeness (QED) is 0.808. The molecule has 0 radical (unpaired) electrons. The Balaban J connectivity index is 1.92. The number of rotatable bonds is 5. The van der Waals surface area contributed by atoms with Crippen LogP contribution in [0.4, 0.5) is 0 Å². The van der Waals surface area contributed by atoms with Crippen molar-refractivity contribution in [3.63, 3.8) is 0 Å². The summed E-state index contributed by atoms with van der Waals surface area (Å²) in [6.07, 6.45) is 8.83. The van der Waals surface area contributed by atoms with Crippen molar-refractivity contribution in [2.24, 2.45) is 11.8 Å². The van der Waals surface area contributed by atoms with E-state index in [1.807, 2.05) is 0 Å². The lowest BCUT2D eigenvalue weighted by atomic mass is 9.77. The lowest BCUT2D eigenvalue weighted by molar-refractivity contribution is 0.0142. The number of nitrogens with one attached hydrogen (secondary N) is 1. The minimum absolute atomic E-state index is 0.745. The third-order valence-electron chi connectivity index (χ3n) is 5.35. The second-order valence-electron chi connectivity index (χ2n) is 6.52. The highest BCUT2D eigenvalue weighted by Gasteiger charge is 2.36. The maximum atomic E-state index is 3.51. The van der Waals surface area contributed by atoms with E-state index in [-0.39, 0.29) is 0 Å². The normalized spacial score (nSPS) is 32.8. The van der Waals surface area contributed by atoms with Crippen molar-refractivity contribution in [3.8, 4) is 0 Å². The smallest absolute Gasteiger partial charge is 0.0126 e. The molecule has 1 aliphatic heterocycles. The molecule has 0 bridgehead atoms. The minimum Gasteiger partial charge on any atom is -0.317 e. The van der Waals surface area contributed by atoms with E-state index in [0.29, 0.717) is 0 Å². The molecule has 18 heavy (non-hydrogen) atoms. The van der Waals surface area contributed by atoms with Crippen LogP contribution >= 0.6 is 0 Å². The topological polar surface area (TPSA) is 15.3 Å². The summed E-state index contributed by atoms with van der Waals surface area (Å²) in [7, 11) is 0. The van der Waals surface area contributed by atoms with Gasteiger partial charge in [0, 0.05) is 12.1 Å². The van der Waals surface area contributed by atoms with Gasteiger partial charge in [0.2, 0.25) is 0 Å². The van der Waals surface area contributed by atoms with Gasteiger partial charge in [-0.05, 0) is 64.1 Å². The Labute approximate surface area is 114 Å². The van der Waals surface area contributed by atoms with Gasteiger partial charge in [0.15, 0.2) is 0 Å². The summed E-state index contributed by atoms with van der Waals surface area (Å²) >= 11 is 0. The summed E-state index contributed by atoms with van der Waals surface area (Å²) in [6, 6.07) is 1.65. The van der Waals surface area contributed by atoms with Crippen LogP contribution in [0.5, 0.6) is 0 Å². The molecule has 1 N–H and O–H groups in total. The van der Waals surface area contributed by atoms with E-state index in [2.05, 4.69) is 31.0 Å². The fourth-order valence-corrected chi connectivity index (χ4v) is 4.04. The van der Waals surface area contributed by atoms with Crippen molar-refractivity contribution in [2.75, 3.05) is 19.6 Å². The van der Waals surface area contributed by atoms with E-state index < -0.39 is 0 Å². The van der Waals surface area contributed by atoms with Crippen molar-refractivity contribution in [3.05, 3.63) is 0 Å². The van der Waals surface area contributed by atoms with Crippen LogP contribution in [0.3, 0.4) is 0 Å². The highest BCUT2D eigenvalue weighted by atomic mass is 15.2. The van der Waals surface area contributed by atoms with Gasteiger partial charge >= 0.3 is 0 Å². The van der Waals surface area contributed by atoms with Gasteiger partial charge in [0.05, 0.1) is 0 Å². The fraction of sp³-hybridized carbons (Fsp3) is 1.00. The van der Waals surface area contributed by atoms with Gasteiger partial charge in [-0.3, -0.25) is 4.90 Å². The number of nitrogens with zero attached hydrogens (tertiary/aromatic N) is 1. The van der Waals surface area contributed by atoms with Crippen molar-refractivity contribution in [1.29, 1.82) is 0 Å². The van der Waals surface area contributed by atoms with Gasteiger partial charge in [-0.25, -0.2) is 0 Å². The number of fused-ring (bicyclic) bond motifs is 1. The lowest BCUT2D eigenvalue weighted by Gasteiger charge is -2.48. The first-order valence-corrected chi connectivity index (χ1v) is 8.20. The van der Waals surface area contributed by atoms with Crippen LogP contribution in [-0.2, 0) is 0 Å². The summed E-state index contributed by atoms with van der Waals surface area (Å²) in [5.41, 5.74) is 0. The molecule has 2 aliphatic rings. The summed E-state index contributed by atoms with van der Waals surface area (Å²) in [5, 5.41) is 3.51. The van der Waals surface area contributed by atoms with Crippen molar-refractivity contribution in [2.45, 2.75) is 71.4 Å². The van der Waals surface area contributed by atoms with Crippen molar-refractivity contribution < 1.29 is 0 Å². The van der Waals surface area contributed by atoms with Gasteiger partial charge in [0.1, 0.15) is 0 Å². The van der Waals surface area contributed by atoms with E-state index in [1.165, 1.54) is 51.6 Å². The maximum absolute atomic E-state index is 3.51. The number of piperidine rings is 1. The van der Waals surface area contributed by atoms with E-state index in [0.717, 1.165) is 30.5 Å². The molecule has 2 nitrogen and oxygen atoms in total. The van der Waals surface area contributed by atoms with Gasteiger partial charge in [-0.1, -0.05) is 26.7 Å². The van der Waals surface area contributed by atoms with Crippen molar-refractivity contribution >= 4 is 0 Å². The third-order valence-corrected chi connectivity index (χ3v) is 5.35. The largest absolute Gasteiger partial charge is 0.317 e. The van der Waals surface area contributed by atoms with Crippen LogP contribution in [0.25, 0.3) is 0 Å². The molecule has 2 heteroatoms. The molecule has 1 saturated carbocycles. The van der Waals surface area contributed by atoms with E-state index in [4.69, 9.17) is 0 Å². The van der Waals surface area contributed by atoms with E-state index >= 15 is 0 Å². The first kappa shape index (κ1) is 14.3. The Kier molecular flexibility index (Phi) is 5.50.